The minimum atomic E-state index is -1.60. The van der Waals surface area contributed by atoms with E-state index in [4.69, 9.17) is 9.47 Å². The van der Waals surface area contributed by atoms with Crippen molar-refractivity contribution in [2.75, 3.05) is 0 Å². The second kappa shape index (κ2) is 7.53. The van der Waals surface area contributed by atoms with Crippen LogP contribution in [0, 0.1) is 17.7 Å². The number of rotatable bonds is 3. The SMILES string of the molecule is O=C1Oc2ccccc2C(=O)C1C(c1ccccc1F)C1C(=O)Oc2ccccc2C1=O. The van der Waals surface area contributed by atoms with Crippen LogP contribution in [0.3, 0.4) is 0 Å². The van der Waals surface area contributed by atoms with Crippen molar-refractivity contribution in [2.45, 2.75) is 5.92 Å². The number of ketones is 2. The second-order valence-electron chi connectivity index (χ2n) is 7.57. The van der Waals surface area contributed by atoms with Crippen molar-refractivity contribution in [3.8, 4) is 11.5 Å². The van der Waals surface area contributed by atoms with Gasteiger partial charge in [0.15, 0.2) is 11.6 Å². The Morgan fingerprint density at radius 1 is 0.625 bits per heavy atom. The maximum absolute atomic E-state index is 14.9. The van der Waals surface area contributed by atoms with Gasteiger partial charge in [-0.25, -0.2) is 4.39 Å². The Bertz CT molecular complexity index is 1220. The second-order valence-corrected chi connectivity index (χ2v) is 7.57. The maximum atomic E-state index is 14.9. The molecule has 0 bridgehead atoms. The van der Waals surface area contributed by atoms with E-state index in [1.807, 2.05) is 0 Å². The number of hydrogen-bond acceptors (Lipinski definition) is 6. The zero-order valence-electron chi connectivity index (χ0n) is 16.5. The first kappa shape index (κ1) is 19.8. The standard InChI is InChI=1S/C25H15FO6/c26-16-10-4-1-7-13(16)19(20-22(27)14-8-2-5-11-17(14)31-24(20)29)21-23(28)15-9-3-6-12-18(15)32-25(21)30/h1-12,19-21H. The van der Waals surface area contributed by atoms with E-state index in [1.165, 1.54) is 42.5 Å². The molecule has 0 spiro atoms. The summed E-state index contributed by atoms with van der Waals surface area (Å²) in [4.78, 5) is 52.7. The van der Waals surface area contributed by atoms with Gasteiger partial charge in [0.05, 0.1) is 11.1 Å². The van der Waals surface area contributed by atoms with E-state index in [0.29, 0.717) is 0 Å². The predicted molar refractivity (Wildman–Crippen MR) is 109 cm³/mol. The first-order valence-corrected chi connectivity index (χ1v) is 9.91. The van der Waals surface area contributed by atoms with Gasteiger partial charge in [0.2, 0.25) is 0 Å². The first-order chi connectivity index (χ1) is 15.5. The molecule has 6 nitrogen and oxygen atoms in total. The fourth-order valence-corrected chi connectivity index (χ4v) is 4.33. The van der Waals surface area contributed by atoms with E-state index in [9.17, 15) is 23.6 Å². The van der Waals surface area contributed by atoms with E-state index >= 15 is 0 Å². The molecule has 32 heavy (non-hydrogen) atoms. The number of esters is 2. The van der Waals surface area contributed by atoms with Gasteiger partial charge < -0.3 is 9.47 Å². The average molecular weight is 430 g/mol. The summed E-state index contributed by atoms with van der Waals surface area (Å²) in [5.74, 6) is -8.46. The Morgan fingerprint density at radius 2 is 1.06 bits per heavy atom. The number of halogens is 1. The summed E-state index contributed by atoms with van der Waals surface area (Å²) in [6, 6.07) is 17.7. The molecule has 158 valence electrons. The van der Waals surface area contributed by atoms with Crippen LogP contribution >= 0.6 is 0 Å². The number of carbonyl (C=O) groups is 4. The lowest BCUT2D eigenvalue weighted by molar-refractivity contribution is -0.142. The molecule has 0 radical (unpaired) electrons. The van der Waals surface area contributed by atoms with Crippen LogP contribution in [0.2, 0.25) is 0 Å². The quantitative estimate of drug-likeness (QED) is 0.357. The molecule has 2 atom stereocenters. The zero-order valence-corrected chi connectivity index (χ0v) is 16.5. The van der Waals surface area contributed by atoms with Crippen LogP contribution in [0.15, 0.2) is 72.8 Å². The predicted octanol–water partition coefficient (Wildman–Crippen LogP) is 3.75. The molecular formula is C25H15FO6. The molecule has 0 aliphatic carbocycles. The van der Waals surface area contributed by atoms with Crippen LogP contribution in [0.1, 0.15) is 32.2 Å². The van der Waals surface area contributed by atoms with Gasteiger partial charge >= 0.3 is 11.9 Å². The van der Waals surface area contributed by atoms with Crippen LogP contribution in [0.5, 0.6) is 11.5 Å². The van der Waals surface area contributed by atoms with Gasteiger partial charge in [0, 0.05) is 5.92 Å². The molecule has 7 heteroatoms. The summed E-state index contributed by atoms with van der Waals surface area (Å²) in [5, 5.41) is 0. The number of Topliss-reactive ketones (excluding diaryl/α,β-unsaturated/α-hetero) is 2. The lowest BCUT2D eigenvalue weighted by atomic mass is 9.70. The third-order valence-electron chi connectivity index (χ3n) is 5.78. The molecule has 0 saturated heterocycles. The van der Waals surface area contributed by atoms with Crippen molar-refractivity contribution < 1.29 is 33.0 Å². The molecule has 3 aromatic carbocycles. The topological polar surface area (TPSA) is 86.7 Å². The number of carbonyl (C=O) groups excluding carboxylic acids is 4. The van der Waals surface area contributed by atoms with Crippen LogP contribution in [-0.4, -0.2) is 23.5 Å². The van der Waals surface area contributed by atoms with Gasteiger partial charge in [0.1, 0.15) is 29.2 Å². The number of benzene rings is 3. The fourth-order valence-electron chi connectivity index (χ4n) is 4.33. The molecule has 2 aliphatic heterocycles. The summed E-state index contributed by atoms with van der Waals surface area (Å²) in [5.41, 5.74) is 0.128. The molecule has 3 aromatic rings. The Labute approximate surface area is 181 Å². The van der Waals surface area contributed by atoms with E-state index in [2.05, 4.69) is 0 Å². The monoisotopic (exact) mass is 430 g/mol. The largest absolute Gasteiger partial charge is 0.425 e. The van der Waals surface area contributed by atoms with Gasteiger partial charge in [0.25, 0.3) is 0 Å². The maximum Gasteiger partial charge on any atom is 0.322 e. The molecule has 0 amide bonds. The molecule has 0 aromatic heterocycles. The molecule has 0 saturated carbocycles. The number of ether oxygens (including phenoxy) is 2. The minimum Gasteiger partial charge on any atom is -0.425 e. The van der Waals surface area contributed by atoms with Crippen molar-refractivity contribution in [1.82, 2.24) is 0 Å². The number of fused-ring (bicyclic) bond motifs is 2. The number of hydrogen-bond donors (Lipinski definition) is 0. The van der Waals surface area contributed by atoms with Crippen molar-refractivity contribution in [2.24, 2.45) is 11.8 Å². The van der Waals surface area contributed by atoms with E-state index < -0.39 is 47.1 Å². The fraction of sp³-hybridized carbons (Fsp3) is 0.120. The molecule has 2 unspecified atom stereocenters. The first-order valence-electron chi connectivity index (χ1n) is 9.91. The van der Waals surface area contributed by atoms with Crippen LogP contribution in [0.25, 0.3) is 0 Å². The van der Waals surface area contributed by atoms with E-state index in [0.717, 1.165) is 6.07 Å². The molecule has 2 aliphatic rings. The van der Waals surface area contributed by atoms with Gasteiger partial charge in [-0.3, -0.25) is 19.2 Å². The highest BCUT2D eigenvalue weighted by atomic mass is 19.1. The molecule has 2 heterocycles. The summed E-state index contributed by atoms with van der Waals surface area (Å²) in [6.45, 7) is 0. The highest BCUT2D eigenvalue weighted by molar-refractivity contribution is 6.18. The minimum absolute atomic E-state index is 0.0777. The summed E-state index contributed by atoms with van der Waals surface area (Å²) < 4.78 is 25.6. The molecular weight excluding hydrogens is 415 g/mol. The van der Waals surface area contributed by atoms with Crippen LogP contribution in [0.4, 0.5) is 4.39 Å². The Hall–Kier alpha value is -4.13. The van der Waals surface area contributed by atoms with Crippen LogP contribution < -0.4 is 9.47 Å². The summed E-state index contributed by atoms with van der Waals surface area (Å²) in [6.07, 6.45) is 0. The highest BCUT2D eigenvalue weighted by Gasteiger charge is 2.52. The summed E-state index contributed by atoms with van der Waals surface area (Å²) in [7, 11) is 0. The smallest absolute Gasteiger partial charge is 0.322 e. The zero-order chi connectivity index (χ0) is 22.4. The van der Waals surface area contributed by atoms with Gasteiger partial charge in [-0.05, 0) is 35.9 Å². The van der Waals surface area contributed by atoms with Crippen molar-refractivity contribution in [3.63, 3.8) is 0 Å². The van der Waals surface area contributed by atoms with E-state index in [1.54, 1.807) is 24.3 Å². The van der Waals surface area contributed by atoms with Gasteiger partial charge in [-0.15, -0.1) is 0 Å². The average Bonchev–Trinajstić information content (AvgIpc) is 2.78. The molecule has 0 fully saturated rings. The Balaban J connectivity index is 1.69. The van der Waals surface area contributed by atoms with Crippen molar-refractivity contribution >= 4 is 23.5 Å². The van der Waals surface area contributed by atoms with Gasteiger partial charge in [-0.2, -0.15) is 0 Å². The number of para-hydroxylation sites is 2. The van der Waals surface area contributed by atoms with E-state index in [-0.39, 0.29) is 28.2 Å². The lowest BCUT2D eigenvalue weighted by Crippen LogP contribution is -2.46. The Kier molecular flexibility index (Phi) is 4.66. The van der Waals surface area contributed by atoms with Crippen molar-refractivity contribution in [3.05, 3.63) is 95.3 Å². The lowest BCUT2D eigenvalue weighted by Gasteiger charge is -2.34. The van der Waals surface area contributed by atoms with Gasteiger partial charge in [-0.1, -0.05) is 42.5 Å². The Morgan fingerprint density at radius 3 is 1.56 bits per heavy atom. The third-order valence-corrected chi connectivity index (χ3v) is 5.78. The van der Waals surface area contributed by atoms with Crippen LogP contribution in [-0.2, 0) is 9.59 Å². The summed E-state index contributed by atoms with van der Waals surface area (Å²) >= 11 is 0. The normalized spacial score (nSPS) is 20.7. The highest BCUT2D eigenvalue weighted by Crippen LogP contribution is 2.44. The molecule has 5 rings (SSSR count). The third kappa shape index (κ3) is 3.01. The van der Waals surface area contributed by atoms with Crippen molar-refractivity contribution in [1.29, 1.82) is 0 Å². The molecule has 0 N–H and O–H groups in total.